The Kier molecular flexibility index (Phi) is 7.86. The second kappa shape index (κ2) is 10.8. The van der Waals surface area contributed by atoms with Crippen molar-refractivity contribution in [2.45, 2.75) is 22.5 Å². The van der Waals surface area contributed by atoms with Gasteiger partial charge >= 0.3 is 0 Å². The Bertz CT molecular complexity index is 1320. The maximum atomic E-state index is 12.3. The molecular formula is C21H18ClN5O2S4. The van der Waals surface area contributed by atoms with E-state index in [1.807, 2.05) is 44.2 Å². The van der Waals surface area contributed by atoms with Gasteiger partial charge in [0.2, 0.25) is 11.8 Å². The smallest absolute Gasteiger partial charge is 0.234 e. The molecule has 0 unspecified atom stereocenters. The van der Waals surface area contributed by atoms with Crippen LogP contribution in [0.3, 0.4) is 0 Å². The SMILES string of the molecule is Cc1nnc(SCC(=O)Nc2ccc3nc(SCC(=O)Nc4ccc(C)c(Cl)c4)sc3c2)s1. The highest BCUT2D eigenvalue weighted by atomic mass is 35.5. The molecule has 0 saturated carbocycles. The first-order valence-electron chi connectivity index (χ1n) is 9.68. The fourth-order valence-corrected chi connectivity index (χ4v) is 6.40. The summed E-state index contributed by atoms with van der Waals surface area (Å²) in [6.45, 7) is 3.79. The second-order valence-electron chi connectivity index (χ2n) is 6.89. The Morgan fingerprint density at radius 2 is 1.58 bits per heavy atom. The summed E-state index contributed by atoms with van der Waals surface area (Å²) in [5.74, 6) is 0.254. The van der Waals surface area contributed by atoms with Gasteiger partial charge < -0.3 is 10.6 Å². The van der Waals surface area contributed by atoms with Crippen molar-refractivity contribution in [2.24, 2.45) is 0 Å². The fraction of sp³-hybridized carbons (Fsp3) is 0.190. The van der Waals surface area contributed by atoms with Crippen LogP contribution >= 0.6 is 57.8 Å². The lowest BCUT2D eigenvalue weighted by Gasteiger charge is -2.06. The Hall–Kier alpha value is -2.18. The highest BCUT2D eigenvalue weighted by Crippen LogP contribution is 2.31. The van der Waals surface area contributed by atoms with Crippen molar-refractivity contribution in [1.29, 1.82) is 0 Å². The van der Waals surface area contributed by atoms with Crippen molar-refractivity contribution in [3.63, 3.8) is 0 Å². The summed E-state index contributed by atoms with van der Waals surface area (Å²) in [4.78, 5) is 29.1. The molecule has 0 atom stereocenters. The summed E-state index contributed by atoms with van der Waals surface area (Å²) in [5, 5.41) is 15.2. The summed E-state index contributed by atoms with van der Waals surface area (Å²) in [6, 6.07) is 11.0. The van der Waals surface area contributed by atoms with Crippen LogP contribution in [0.4, 0.5) is 11.4 Å². The van der Waals surface area contributed by atoms with Gasteiger partial charge in [0.25, 0.3) is 0 Å². The first-order chi connectivity index (χ1) is 15.9. The summed E-state index contributed by atoms with van der Waals surface area (Å²) < 4.78 is 2.50. The fourth-order valence-electron chi connectivity index (χ4n) is 2.70. The van der Waals surface area contributed by atoms with Crippen LogP contribution in [0.25, 0.3) is 10.2 Å². The number of thiazole rings is 1. The number of nitrogens with zero attached hydrogens (tertiary/aromatic N) is 3. The molecule has 4 rings (SSSR count). The molecule has 4 aromatic rings. The Morgan fingerprint density at radius 1 is 0.909 bits per heavy atom. The van der Waals surface area contributed by atoms with E-state index >= 15 is 0 Å². The van der Waals surface area contributed by atoms with Crippen LogP contribution in [0, 0.1) is 13.8 Å². The Labute approximate surface area is 211 Å². The molecule has 0 aliphatic carbocycles. The highest BCUT2D eigenvalue weighted by Gasteiger charge is 2.11. The van der Waals surface area contributed by atoms with Gasteiger partial charge in [-0.25, -0.2) is 4.98 Å². The van der Waals surface area contributed by atoms with E-state index in [9.17, 15) is 9.59 Å². The second-order valence-corrected chi connectivity index (χ2v) is 12.0. The van der Waals surface area contributed by atoms with Crippen molar-refractivity contribution in [1.82, 2.24) is 15.2 Å². The molecule has 12 heteroatoms. The van der Waals surface area contributed by atoms with Crippen LogP contribution in [-0.4, -0.2) is 38.5 Å². The van der Waals surface area contributed by atoms with Gasteiger partial charge in [-0.05, 0) is 49.7 Å². The van der Waals surface area contributed by atoms with E-state index < -0.39 is 0 Å². The number of aryl methyl sites for hydroxylation is 2. The van der Waals surface area contributed by atoms with Gasteiger partial charge in [0.05, 0.1) is 21.7 Å². The zero-order valence-electron chi connectivity index (χ0n) is 17.5. The van der Waals surface area contributed by atoms with Crippen LogP contribution in [0.5, 0.6) is 0 Å². The highest BCUT2D eigenvalue weighted by molar-refractivity contribution is 8.02. The number of rotatable bonds is 8. The van der Waals surface area contributed by atoms with Gasteiger partial charge in [-0.2, -0.15) is 0 Å². The molecular weight excluding hydrogens is 518 g/mol. The maximum absolute atomic E-state index is 12.3. The van der Waals surface area contributed by atoms with Gasteiger partial charge in [-0.15, -0.1) is 21.5 Å². The molecule has 2 amide bonds. The topological polar surface area (TPSA) is 96.9 Å². The molecule has 2 aromatic heterocycles. The number of benzene rings is 2. The van der Waals surface area contributed by atoms with Crippen LogP contribution in [0.2, 0.25) is 5.02 Å². The van der Waals surface area contributed by atoms with Gasteiger partial charge in [0.1, 0.15) is 5.01 Å². The number of thioether (sulfide) groups is 2. The van der Waals surface area contributed by atoms with Crippen LogP contribution < -0.4 is 10.6 Å². The van der Waals surface area contributed by atoms with Crippen molar-refractivity contribution < 1.29 is 9.59 Å². The van der Waals surface area contributed by atoms with E-state index in [0.29, 0.717) is 16.4 Å². The summed E-state index contributed by atoms with van der Waals surface area (Å²) >= 11 is 11.8. The van der Waals surface area contributed by atoms with Crippen molar-refractivity contribution in [3.8, 4) is 0 Å². The molecule has 0 aliphatic heterocycles. The first-order valence-corrected chi connectivity index (χ1v) is 13.7. The van der Waals surface area contributed by atoms with Crippen LogP contribution in [0.1, 0.15) is 10.6 Å². The van der Waals surface area contributed by atoms with Crippen molar-refractivity contribution in [2.75, 3.05) is 22.1 Å². The van der Waals surface area contributed by atoms with Gasteiger partial charge in [0.15, 0.2) is 8.68 Å². The molecule has 2 aromatic carbocycles. The van der Waals surface area contributed by atoms with Crippen LogP contribution in [0.15, 0.2) is 45.1 Å². The molecule has 0 fully saturated rings. The number of amides is 2. The third-order valence-electron chi connectivity index (χ3n) is 4.27. The molecule has 33 heavy (non-hydrogen) atoms. The lowest BCUT2D eigenvalue weighted by molar-refractivity contribution is -0.114. The molecule has 2 N–H and O–H groups in total. The van der Waals surface area contributed by atoms with E-state index in [1.54, 1.807) is 6.07 Å². The van der Waals surface area contributed by atoms with Gasteiger partial charge in [-0.3, -0.25) is 9.59 Å². The maximum Gasteiger partial charge on any atom is 0.234 e. The largest absolute Gasteiger partial charge is 0.325 e. The van der Waals surface area contributed by atoms with Crippen molar-refractivity contribution in [3.05, 3.63) is 52.0 Å². The number of hydrogen-bond acceptors (Lipinski definition) is 9. The Balaban J connectivity index is 1.31. The zero-order valence-corrected chi connectivity index (χ0v) is 21.6. The van der Waals surface area contributed by atoms with E-state index in [2.05, 4.69) is 25.8 Å². The van der Waals surface area contributed by atoms with E-state index in [-0.39, 0.29) is 23.3 Å². The number of nitrogens with one attached hydrogen (secondary N) is 2. The van der Waals surface area contributed by atoms with Gasteiger partial charge in [0, 0.05) is 16.4 Å². The number of fused-ring (bicyclic) bond motifs is 1. The predicted octanol–water partition coefficient (Wildman–Crippen LogP) is 5.88. The van der Waals surface area contributed by atoms with Gasteiger partial charge in [-0.1, -0.05) is 52.5 Å². The number of hydrogen-bond donors (Lipinski definition) is 2. The first kappa shape index (κ1) is 24.0. The number of carbonyl (C=O) groups is 2. The Morgan fingerprint density at radius 3 is 2.24 bits per heavy atom. The predicted molar refractivity (Wildman–Crippen MR) is 139 cm³/mol. The third-order valence-corrected chi connectivity index (χ3v) is 8.81. The minimum Gasteiger partial charge on any atom is -0.325 e. The molecule has 0 radical (unpaired) electrons. The molecule has 170 valence electrons. The molecule has 0 aliphatic rings. The van der Waals surface area contributed by atoms with E-state index in [1.165, 1.54) is 46.2 Å². The normalized spacial score (nSPS) is 11.0. The van der Waals surface area contributed by atoms with E-state index in [0.717, 1.165) is 29.5 Å². The van der Waals surface area contributed by atoms with E-state index in [4.69, 9.17) is 11.6 Å². The minimum absolute atomic E-state index is 0.112. The summed E-state index contributed by atoms with van der Waals surface area (Å²) in [5.41, 5.74) is 3.15. The summed E-state index contributed by atoms with van der Waals surface area (Å²) in [6.07, 6.45) is 0. The molecule has 7 nitrogen and oxygen atoms in total. The monoisotopic (exact) mass is 535 g/mol. The lowest BCUT2D eigenvalue weighted by atomic mass is 10.2. The molecule has 2 heterocycles. The average Bonchev–Trinajstić information content (AvgIpc) is 3.38. The average molecular weight is 536 g/mol. The molecule has 0 bridgehead atoms. The third kappa shape index (κ3) is 6.67. The number of anilines is 2. The zero-order chi connectivity index (χ0) is 23.4. The molecule has 0 saturated heterocycles. The minimum atomic E-state index is -0.129. The number of halogens is 1. The number of aromatic nitrogens is 3. The lowest BCUT2D eigenvalue weighted by Crippen LogP contribution is -2.13. The standard InChI is InChI=1S/C21H18ClN5O2S4/c1-11-3-4-13(7-15(11)22)23-18(28)9-30-20-25-16-6-5-14(8-17(16)33-20)24-19(29)10-31-21-27-26-12(2)32-21/h3-8H,9-10H2,1-2H3,(H,23,28)(H,24,29). The number of carbonyl (C=O) groups excluding carboxylic acids is 2. The summed E-state index contributed by atoms with van der Waals surface area (Å²) in [7, 11) is 0. The molecule has 0 spiro atoms. The van der Waals surface area contributed by atoms with Crippen LogP contribution in [-0.2, 0) is 9.59 Å². The quantitative estimate of drug-likeness (QED) is 0.272. The van der Waals surface area contributed by atoms with Crippen molar-refractivity contribution >= 4 is 91.2 Å².